The molecule has 6 nitrogen and oxygen atoms in total. The highest BCUT2D eigenvalue weighted by Gasteiger charge is 2.23. The van der Waals surface area contributed by atoms with Crippen molar-refractivity contribution in [3.05, 3.63) is 89.9 Å². The Morgan fingerprint density at radius 2 is 1.75 bits per heavy atom. The predicted octanol–water partition coefficient (Wildman–Crippen LogP) is 3.90. The number of nitrogens with zero attached hydrogens (tertiary/aromatic N) is 4. The second-order valence-electron chi connectivity index (χ2n) is 6.18. The van der Waals surface area contributed by atoms with Gasteiger partial charge in [0, 0.05) is 18.5 Å². The van der Waals surface area contributed by atoms with Crippen molar-refractivity contribution in [1.82, 2.24) is 19.6 Å². The van der Waals surface area contributed by atoms with Gasteiger partial charge in [-0.05, 0) is 43.3 Å². The molecular weight excluding hydrogens is 364 g/mol. The van der Waals surface area contributed by atoms with E-state index in [2.05, 4.69) is 15.6 Å². The molecule has 1 N–H and O–H groups in total. The minimum Gasteiger partial charge on any atom is -0.318 e. The Morgan fingerprint density at radius 3 is 2.43 bits per heavy atom. The SMILES string of the molecule is Cc1ccc(-n2nnc(C(=O)Nc3ccc(F)cc3F)c2-n2cccc2)cc1. The average molecular weight is 379 g/mol. The molecule has 28 heavy (non-hydrogen) atoms. The van der Waals surface area contributed by atoms with Gasteiger partial charge < -0.3 is 9.88 Å². The number of amides is 1. The lowest BCUT2D eigenvalue weighted by atomic mass is 10.2. The number of nitrogens with one attached hydrogen (secondary N) is 1. The summed E-state index contributed by atoms with van der Waals surface area (Å²) in [6.45, 7) is 1.97. The first-order valence-electron chi connectivity index (χ1n) is 8.45. The Hall–Kier alpha value is -3.81. The lowest BCUT2D eigenvalue weighted by Gasteiger charge is -2.10. The predicted molar refractivity (Wildman–Crippen MR) is 99.7 cm³/mol. The summed E-state index contributed by atoms with van der Waals surface area (Å²) < 4.78 is 30.2. The van der Waals surface area contributed by atoms with E-state index in [4.69, 9.17) is 0 Å². The minimum atomic E-state index is -0.873. The monoisotopic (exact) mass is 379 g/mol. The van der Waals surface area contributed by atoms with E-state index in [-0.39, 0.29) is 11.4 Å². The van der Waals surface area contributed by atoms with Crippen LogP contribution in [0.4, 0.5) is 14.5 Å². The van der Waals surface area contributed by atoms with Gasteiger partial charge in [0.1, 0.15) is 11.6 Å². The molecule has 0 aliphatic rings. The largest absolute Gasteiger partial charge is 0.318 e. The standard InChI is InChI=1S/C20H15F2N5O/c1-13-4-7-15(8-5-13)27-20(26-10-2-3-11-26)18(24-25-27)19(28)23-17-9-6-14(21)12-16(17)22/h2-12H,1H3,(H,23,28). The van der Waals surface area contributed by atoms with Gasteiger partial charge in [-0.3, -0.25) is 4.79 Å². The van der Waals surface area contributed by atoms with E-state index in [0.29, 0.717) is 17.6 Å². The lowest BCUT2D eigenvalue weighted by Crippen LogP contribution is -2.17. The molecule has 4 rings (SSSR count). The van der Waals surface area contributed by atoms with E-state index in [0.717, 1.165) is 17.7 Å². The van der Waals surface area contributed by atoms with Crippen molar-refractivity contribution < 1.29 is 13.6 Å². The third kappa shape index (κ3) is 3.27. The number of halogens is 2. The van der Waals surface area contributed by atoms with Gasteiger partial charge in [0.15, 0.2) is 11.5 Å². The van der Waals surface area contributed by atoms with Crippen molar-refractivity contribution in [2.75, 3.05) is 5.32 Å². The Balaban J connectivity index is 1.76. The number of rotatable bonds is 4. The van der Waals surface area contributed by atoms with Gasteiger partial charge in [-0.1, -0.05) is 22.9 Å². The van der Waals surface area contributed by atoms with Crippen LogP contribution in [0.1, 0.15) is 16.1 Å². The number of anilines is 1. The maximum absolute atomic E-state index is 13.9. The molecule has 0 radical (unpaired) electrons. The molecule has 1 amide bonds. The molecule has 2 aromatic heterocycles. The first kappa shape index (κ1) is 17.6. The molecule has 2 aromatic carbocycles. The Labute approximate surface area is 159 Å². The highest BCUT2D eigenvalue weighted by Crippen LogP contribution is 2.21. The van der Waals surface area contributed by atoms with Crippen LogP contribution in [0.2, 0.25) is 0 Å². The molecule has 0 saturated carbocycles. The summed E-state index contributed by atoms with van der Waals surface area (Å²) in [6.07, 6.45) is 3.50. The number of carbonyl (C=O) groups excluding carboxylic acids is 1. The van der Waals surface area contributed by atoms with Crippen LogP contribution < -0.4 is 5.32 Å². The number of hydrogen-bond acceptors (Lipinski definition) is 3. The van der Waals surface area contributed by atoms with E-state index in [1.165, 1.54) is 4.68 Å². The lowest BCUT2D eigenvalue weighted by molar-refractivity contribution is 0.102. The van der Waals surface area contributed by atoms with Crippen LogP contribution in [0.5, 0.6) is 0 Å². The van der Waals surface area contributed by atoms with Crippen molar-refractivity contribution in [2.45, 2.75) is 6.92 Å². The van der Waals surface area contributed by atoms with Gasteiger partial charge in [0.2, 0.25) is 0 Å². The number of carbonyl (C=O) groups is 1. The second kappa shape index (κ2) is 7.07. The molecule has 140 valence electrons. The molecule has 2 heterocycles. The van der Waals surface area contributed by atoms with Crippen LogP contribution in [0.25, 0.3) is 11.5 Å². The summed E-state index contributed by atoms with van der Waals surface area (Å²) in [4.78, 5) is 12.8. The summed E-state index contributed by atoms with van der Waals surface area (Å²) in [5.74, 6) is -1.86. The molecule has 0 spiro atoms. The third-order valence-corrected chi connectivity index (χ3v) is 4.17. The van der Waals surface area contributed by atoms with Crippen LogP contribution in [-0.2, 0) is 0 Å². The molecule has 8 heteroatoms. The molecule has 0 bridgehead atoms. The molecule has 0 aliphatic heterocycles. The summed E-state index contributed by atoms with van der Waals surface area (Å²) in [5, 5.41) is 10.5. The van der Waals surface area contributed by atoms with Gasteiger partial charge in [0.25, 0.3) is 5.91 Å². The average Bonchev–Trinajstić information content (AvgIpc) is 3.33. The zero-order valence-corrected chi connectivity index (χ0v) is 14.8. The normalized spacial score (nSPS) is 10.8. The van der Waals surface area contributed by atoms with Crippen molar-refractivity contribution in [3.8, 4) is 11.5 Å². The van der Waals surface area contributed by atoms with Crippen LogP contribution in [0, 0.1) is 18.6 Å². The van der Waals surface area contributed by atoms with E-state index >= 15 is 0 Å². The maximum Gasteiger partial charge on any atom is 0.280 e. The fraction of sp³-hybridized carbons (Fsp3) is 0.0500. The van der Waals surface area contributed by atoms with Gasteiger partial charge in [-0.15, -0.1) is 5.10 Å². The van der Waals surface area contributed by atoms with Gasteiger partial charge >= 0.3 is 0 Å². The summed E-state index contributed by atoms with van der Waals surface area (Å²) in [5.41, 5.74) is 1.65. The number of benzene rings is 2. The molecule has 0 atom stereocenters. The van der Waals surface area contributed by atoms with Crippen molar-refractivity contribution in [1.29, 1.82) is 0 Å². The minimum absolute atomic E-state index is 0.000463. The van der Waals surface area contributed by atoms with E-state index < -0.39 is 17.5 Å². The van der Waals surface area contributed by atoms with E-state index in [1.54, 1.807) is 29.1 Å². The zero-order valence-electron chi connectivity index (χ0n) is 14.8. The number of hydrogen-bond donors (Lipinski definition) is 1. The fourth-order valence-corrected chi connectivity index (χ4v) is 2.76. The fourth-order valence-electron chi connectivity index (χ4n) is 2.76. The molecule has 0 aliphatic carbocycles. The van der Waals surface area contributed by atoms with Crippen molar-refractivity contribution in [3.63, 3.8) is 0 Å². The van der Waals surface area contributed by atoms with Crippen LogP contribution in [-0.4, -0.2) is 25.5 Å². The zero-order chi connectivity index (χ0) is 19.7. The smallest absolute Gasteiger partial charge is 0.280 e. The van der Waals surface area contributed by atoms with Crippen LogP contribution >= 0.6 is 0 Å². The highest BCUT2D eigenvalue weighted by molar-refractivity contribution is 6.05. The molecule has 0 unspecified atom stereocenters. The number of aryl methyl sites for hydroxylation is 1. The molecular formula is C20H15F2N5O. The third-order valence-electron chi connectivity index (χ3n) is 4.17. The maximum atomic E-state index is 13.9. The van der Waals surface area contributed by atoms with Gasteiger partial charge in [-0.25, -0.2) is 8.78 Å². The summed E-state index contributed by atoms with van der Waals surface area (Å²) in [6, 6.07) is 14.1. The topological polar surface area (TPSA) is 64.7 Å². The number of aromatic nitrogens is 4. The Kier molecular flexibility index (Phi) is 4.44. The molecule has 0 saturated heterocycles. The summed E-state index contributed by atoms with van der Waals surface area (Å²) in [7, 11) is 0. The van der Waals surface area contributed by atoms with E-state index in [1.807, 2.05) is 31.2 Å². The Bertz CT molecular complexity index is 1130. The van der Waals surface area contributed by atoms with Crippen molar-refractivity contribution >= 4 is 11.6 Å². The van der Waals surface area contributed by atoms with Gasteiger partial charge in [0.05, 0.1) is 11.4 Å². The van der Waals surface area contributed by atoms with Crippen molar-refractivity contribution in [2.24, 2.45) is 0 Å². The van der Waals surface area contributed by atoms with E-state index in [9.17, 15) is 13.6 Å². The van der Waals surface area contributed by atoms with Gasteiger partial charge in [-0.2, -0.15) is 4.68 Å². The quantitative estimate of drug-likeness (QED) is 0.585. The molecule has 0 fully saturated rings. The first-order chi connectivity index (χ1) is 13.5. The Morgan fingerprint density at radius 1 is 1.04 bits per heavy atom. The van der Waals surface area contributed by atoms with Crippen LogP contribution in [0.3, 0.4) is 0 Å². The first-order valence-corrected chi connectivity index (χ1v) is 8.45. The molecule has 4 aromatic rings. The van der Waals surface area contributed by atoms with Crippen LogP contribution in [0.15, 0.2) is 67.0 Å². The second-order valence-corrected chi connectivity index (χ2v) is 6.18. The summed E-state index contributed by atoms with van der Waals surface area (Å²) >= 11 is 0. The highest BCUT2D eigenvalue weighted by atomic mass is 19.1.